The van der Waals surface area contributed by atoms with Crippen LogP contribution in [0.3, 0.4) is 0 Å². The van der Waals surface area contributed by atoms with Gasteiger partial charge in [-0.15, -0.1) is 0 Å². The van der Waals surface area contributed by atoms with E-state index < -0.39 is 12.7 Å². The van der Waals surface area contributed by atoms with Gasteiger partial charge in [0.05, 0.1) is 6.54 Å². The quantitative estimate of drug-likeness (QED) is 0.677. The van der Waals surface area contributed by atoms with Crippen LogP contribution >= 0.6 is 15.9 Å². The van der Waals surface area contributed by atoms with Gasteiger partial charge in [-0.2, -0.15) is 13.2 Å². The highest BCUT2D eigenvalue weighted by Gasteiger charge is 2.38. The van der Waals surface area contributed by atoms with Crippen molar-refractivity contribution in [1.82, 2.24) is 4.90 Å². The molecule has 0 saturated heterocycles. The van der Waals surface area contributed by atoms with Gasteiger partial charge in [0.2, 0.25) is 0 Å². The van der Waals surface area contributed by atoms with E-state index in [1.807, 2.05) is 6.92 Å². The fourth-order valence-corrected chi connectivity index (χ4v) is 2.29. The Hall–Kier alpha value is 0.230. The largest absolute Gasteiger partial charge is 0.401 e. The number of halogens is 4. The monoisotopic (exact) mass is 287 g/mol. The maximum absolute atomic E-state index is 12.3. The van der Waals surface area contributed by atoms with E-state index in [1.165, 1.54) is 0 Å². The Morgan fingerprint density at radius 1 is 1.40 bits per heavy atom. The Kier molecular flexibility index (Phi) is 4.90. The van der Waals surface area contributed by atoms with Crippen molar-refractivity contribution in [3.63, 3.8) is 0 Å². The smallest absolute Gasteiger partial charge is 0.292 e. The minimum atomic E-state index is -4.06. The highest BCUT2D eigenvalue weighted by atomic mass is 79.9. The molecule has 0 N–H and O–H groups in total. The summed E-state index contributed by atoms with van der Waals surface area (Å²) < 4.78 is 36.9. The molecule has 0 aliphatic heterocycles. The molecular weight excluding hydrogens is 271 g/mol. The highest BCUT2D eigenvalue weighted by Crippen LogP contribution is 2.31. The van der Waals surface area contributed by atoms with Crippen LogP contribution in [-0.2, 0) is 0 Å². The lowest BCUT2D eigenvalue weighted by atomic mass is 10.1. The maximum atomic E-state index is 12.3. The van der Waals surface area contributed by atoms with E-state index in [4.69, 9.17) is 0 Å². The molecule has 0 bridgehead atoms. The molecule has 0 aromatic rings. The van der Waals surface area contributed by atoms with Crippen molar-refractivity contribution < 1.29 is 13.2 Å². The summed E-state index contributed by atoms with van der Waals surface area (Å²) >= 11 is 3.35. The average molecular weight is 288 g/mol. The van der Waals surface area contributed by atoms with Gasteiger partial charge < -0.3 is 0 Å². The third-order valence-electron chi connectivity index (χ3n) is 2.73. The molecule has 1 atom stereocenters. The van der Waals surface area contributed by atoms with Gasteiger partial charge in [-0.05, 0) is 18.8 Å². The van der Waals surface area contributed by atoms with Gasteiger partial charge in [-0.25, -0.2) is 0 Å². The average Bonchev–Trinajstić information content (AvgIpc) is 2.93. The zero-order valence-corrected chi connectivity index (χ0v) is 10.4. The molecule has 1 aliphatic carbocycles. The molecule has 90 valence electrons. The van der Waals surface area contributed by atoms with Gasteiger partial charge in [0.15, 0.2) is 0 Å². The second kappa shape index (κ2) is 5.53. The highest BCUT2D eigenvalue weighted by molar-refractivity contribution is 9.09. The topological polar surface area (TPSA) is 3.24 Å². The van der Waals surface area contributed by atoms with Crippen LogP contribution in [0.4, 0.5) is 13.2 Å². The second-order valence-electron chi connectivity index (χ2n) is 4.20. The minimum absolute atomic E-state index is 0.180. The number of rotatable bonds is 6. The molecule has 1 rings (SSSR count). The van der Waals surface area contributed by atoms with Crippen molar-refractivity contribution in [2.75, 3.05) is 18.4 Å². The first-order valence-corrected chi connectivity index (χ1v) is 6.45. The van der Waals surface area contributed by atoms with Crippen LogP contribution in [-0.4, -0.2) is 35.5 Å². The van der Waals surface area contributed by atoms with E-state index in [0.717, 1.165) is 24.6 Å². The Balaban J connectivity index is 2.43. The lowest BCUT2D eigenvalue weighted by Gasteiger charge is -2.26. The summed E-state index contributed by atoms with van der Waals surface area (Å²) in [5.74, 6) is 0.327. The third-order valence-corrected chi connectivity index (χ3v) is 3.65. The normalized spacial score (nSPS) is 19.6. The zero-order valence-electron chi connectivity index (χ0n) is 8.86. The van der Waals surface area contributed by atoms with Gasteiger partial charge in [0.1, 0.15) is 0 Å². The van der Waals surface area contributed by atoms with E-state index in [1.54, 1.807) is 4.90 Å². The number of hydrogen-bond donors (Lipinski definition) is 0. The lowest BCUT2D eigenvalue weighted by molar-refractivity contribution is -0.148. The first kappa shape index (κ1) is 13.3. The summed E-state index contributed by atoms with van der Waals surface area (Å²) in [6.07, 6.45) is -1.29. The first-order valence-electron chi connectivity index (χ1n) is 5.33. The standard InChI is InChI=1S/C10H17BrF3N/c1-2-8(5-11)6-15(9-3-4-9)7-10(12,13)14/h8-9H,2-7H2,1H3. The van der Waals surface area contributed by atoms with Gasteiger partial charge in [-0.1, -0.05) is 29.3 Å². The van der Waals surface area contributed by atoms with Gasteiger partial charge >= 0.3 is 6.18 Å². The summed E-state index contributed by atoms with van der Waals surface area (Å²) in [6, 6.07) is 0.180. The summed E-state index contributed by atoms with van der Waals surface area (Å²) in [4.78, 5) is 1.59. The minimum Gasteiger partial charge on any atom is -0.292 e. The maximum Gasteiger partial charge on any atom is 0.401 e. The number of hydrogen-bond acceptors (Lipinski definition) is 1. The van der Waals surface area contributed by atoms with Gasteiger partial charge in [0, 0.05) is 17.9 Å². The first-order chi connectivity index (χ1) is 6.96. The van der Waals surface area contributed by atoms with Crippen LogP contribution in [0.25, 0.3) is 0 Å². The molecule has 15 heavy (non-hydrogen) atoms. The van der Waals surface area contributed by atoms with Crippen molar-refractivity contribution in [2.45, 2.75) is 38.4 Å². The molecule has 5 heteroatoms. The number of alkyl halides is 4. The van der Waals surface area contributed by atoms with E-state index in [-0.39, 0.29) is 6.04 Å². The van der Waals surface area contributed by atoms with Crippen LogP contribution in [0.15, 0.2) is 0 Å². The molecule has 1 fully saturated rings. The molecule has 1 unspecified atom stereocenters. The molecular formula is C10H17BrF3N. The predicted octanol–water partition coefficient (Wildman–Crippen LogP) is 3.43. The Bertz CT molecular complexity index is 188. The molecule has 0 amide bonds. The summed E-state index contributed by atoms with van der Waals surface area (Å²) in [7, 11) is 0. The van der Waals surface area contributed by atoms with Crippen molar-refractivity contribution in [2.24, 2.45) is 5.92 Å². The second-order valence-corrected chi connectivity index (χ2v) is 4.85. The molecule has 0 spiro atoms. The van der Waals surface area contributed by atoms with Gasteiger partial charge in [0.25, 0.3) is 0 Å². The van der Waals surface area contributed by atoms with E-state index in [0.29, 0.717) is 12.5 Å². The molecule has 1 nitrogen and oxygen atoms in total. The Labute approximate surface area is 97.1 Å². The van der Waals surface area contributed by atoms with Gasteiger partial charge in [-0.3, -0.25) is 4.90 Å². The van der Waals surface area contributed by atoms with Crippen LogP contribution in [0.1, 0.15) is 26.2 Å². The van der Waals surface area contributed by atoms with Crippen molar-refractivity contribution in [3.05, 3.63) is 0 Å². The summed E-state index contributed by atoms with van der Waals surface area (Å²) in [5.41, 5.74) is 0. The zero-order chi connectivity index (χ0) is 11.5. The Morgan fingerprint density at radius 3 is 2.33 bits per heavy atom. The van der Waals surface area contributed by atoms with E-state index in [9.17, 15) is 13.2 Å². The SMILES string of the molecule is CCC(CBr)CN(CC(F)(F)F)C1CC1. The van der Waals surface area contributed by atoms with Crippen molar-refractivity contribution >= 4 is 15.9 Å². The van der Waals surface area contributed by atoms with Crippen LogP contribution in [0.5, 0.6) is 0 Å². The number of nitrogens with zero attached hydrogens (tertiary/aromatic N) is 1. The van der Waals surface area contributed by atoms with E-state index in [2.05, 4.69) is 15.9 Å². The molecule has 0 heterocycles. The molecule has 0 radical (unpaired) electrons. The van der Waals surface area contributed by atoms with Crippen LogP contribution in [0, 0.1) is 5.92 Å². The predicted molar refractivity (Wildman–Crippen MR) is 58.2 cm³/mol. The van der Waals surface area contributed by atoms with Crippen molar-refractivity contribution in [3.8, 4) is 0 Å². The molecule has 0 aromatic carbocycles. The third kappa shape index (κ3) is 5.20. The van der Waals surface area contributed by atoms with E-state index >= 15 is 0 Å². The molecule has 1 aliphatic rings. The lowest BCUT2D eigenvalue weighted by Crippen LogP contribution is -2.39. The fraction of sp³-hybridized carbons (Fsp3) is 1.00. The molecule has 0 aromatic heterocycles. The molecule has 1 saturated carbocycles. The fourth-order valence-electron chi connectivity index (χ4n) is 1.63. The summed E-state index contributed by atoms with van der Waals surface area (Å²) in [5, 5.41) is 0.782. The Morgan fingerprint density at radius 2 is 2.00 bits per heavy atom. The van der Waals surface area contributed by atoms with Crippen LogP contribution < -0.4 is 0 Å². The summed E-state index contributed by atoms with van der Waals surface area (Å²) in [6.45, 7) is 1.83. The van der Waals surface area contributed by atoms with Crippen molar-refractivity contribution in [1.29, 1.82) is 0 Å². The van der Waals surface area contributed by atoms with Crippen LogP contribution in [0.2, 0.25) is 0 Å².